The summed E-state index contributed by atoms with van der Waals surface area (Å²) in [7, 11) is 0. The zero-order chi connectivity index (χ0) is 23.8. The van der Waals surface area contributed by atoms with E-state index in [4.69, 9.17) is 0 Å². The molecule has 5 amide bonds. The van der Waals surface area contributed by atoms with Crippen LogP contribution in [0.2, 0.25) is 0 Å². The van der Waals surface area contributed by atoms with Crippen LogP contribution < -0.4 is 21.3 Å². The lowest BCUT2D eigenvalue weighted by molar-refractivity contribution is -0.125. The van der Waals surface area contributed by atoms with Crippen LogP contribution in [0.3, 0.4) is 0 Å². The second-order valence-corrected chi connectivity index (χ2v) is 9.90. The van der Waals surface area contributed by atoms with Gasteiger partial charge in [-0.1, -0.05) is 57.2 Å². The third kappa shape index (κ3) is 4.88. The first-order valence-electron chi connectivity index (χ1n) is 10.5. The predicted molar refractivity (Wildman–Crippen MR) is 129 cm³/mol. The van der Waals surface area contributed by atoms with Gasteiger partial charge in [0.2, 0.25) is 11.8 Å². The molecule has 4 N–H and O–H groups in total. The summed E-state index contributed by atoms with van der Waals surface area (Å²) in [6.07, 6.45) is -0.106. The molecule has 4 rings (SSSR count). The quantitative estimate of drug-likeness (QED) is 0.437. The third-order valence-electron chi connectivity index (χ3n) is 5.25. The van der Waals surface area contributed by atoms with E-state index in [0.29, 0.717) is 10.7 Å². The number of carbonyl (C=O) groups is 4. The van der Waals surface area contributed by atoms with Gasteiger partial charge >= 0.3 is 6.03 Å². The van der Waals surface area contributed by atoms with Crippen LogP contribution in [0.15, 0.2) is 48.5 Å². The van der Waals surface area contributed by atoms with E-state index in [1.165, 1.54) is 11.3 Å². The zero-order valence-electron chi connectivity index (χ0n) is 18.4. The molecule has 2 heterocycles. The average molecular weight is 465 g/mol. The van der Waals surface area contributed by atoms with E-state index in [9.17, 15) is 19.2 Å². The summed E-state index contributed by atoms with van der Waals surface area (Å²) in [6, 6.07) is 13.6. The van der Waals surface area contributed by atoms with Gasteiger partial charge in [0.25, 0.3) is 5.91 Å². The molecule has 33 heavy (non-hydrogen) atoms. The number of thiophene rings is 1. The molecule has 1 aliphatic rings. The standard InChI is InChI=1S/C24H24N4O4S/c1-24(2,3)18-11-15(20(30)25-17-12-19(29)27-21(17)31)22(33-18)28-23(32)26-16-10-6-8-13-7-4-5-9-14(13)16/h4-11,17H,12H2,1-3H3,(H,25,30)(H2,26,28,32)(H,27,29,31)/t17-/m0/s1. The maximum atomic E-state index is 13.0. The van der Waals surface area contributed by atoms with E-state index in [2.05, 4.69) is 21.3 Å². The number of carbonyl (C=O) groups excluding carboxylic acids is 4. The lowest BCUT2D eigenvalue weighted by Gasteiger charge is -2.15. The van der Waals surface area contributed by atoms with E-state index in [1.54, 1.807) is 12.1 Å². The highest BCUT2D eigenvalue weighted by Crippen LogP contribution is 2.36. The van der Waals surface area contributed by atoms with Gasteiger partial charge in [0.1, 0.15) is 11.0 Å². The summed E-state index contributed by atoms with van der Waals surface area (Å²) in [4.78, 5) is 50.0. The van der Waals surface area contributed by atoms with Crippen LogP contribution >= 0.6 is 11.3 Å². The van der Waals surface area contributed by atoms with E-state index in [-0.39, 0.29) is 17.4 Å². The third-order valence-corrected chi connectivity index (χ3v) is 6.73. The number of imide groups is 1. The SMILES string of the molecule is CC(C)(C)c1cc(C(=O)N[C@H]2CC(=O)NC2=O)c(NC(=O)Nc2cccc3ccccc23)s1. The fourth-order valence-corrected chi connectivity index (χ4v) is 4.63. The molecule has 2 aromatic carbocycles. The van der Waals surface area contributed by atoms with Crippen LogP contribution in [0.1, 0.15) is 42.4 Å². The molecule has 9 heteroatoms. The summed E-state index contributed by atoms with van der Waals surface area (Å²) in [5.74, 6) is -1.50. The van der Waals surface area contributed by atoms with Gasteiger partial charge in [-0.3, -0.25) is 25.0 Å². The van der Waals surface area contributed by atoms with Crippen LogP contribution in [0.4, 0.5) is 15.5 Å². The molecule has 1 fully saturated rings. The van der Waals surface area contributed by atoms with Gasteiger partial charge in [-0.15, -0.1) is 11.3 Å². The molecule has 0 bridgehead atoms. The first-order valence-corrected chi connectivity index (χ1v) is 11.3. The molecular formula is C24H24N4O4S. The first-order chi connectivity index (χ1) is 15.6. The highest BCUT2D eigenvalue weighted by Gasteiger charge is 2.33. The smallest absolute Gasteiger partial charge is 0.324 e. The lowest BCUT2D eigenvalue weighted by atomic mass is 9.94. The molecule has 8 nitrogen and oxygen atoms in total. The Bertz CT molecular complexity index is 1270. The van der Waals surface area contributed by atoms with Crippen molar-refractivity contribution in [3.8, 4) is 0 Å². The van der Waals surface area contributed by atoms with Crippen LogP contribution in [0, 0.1) is 0 Å². The molecule has 1 atom stereocenters. The summed E-state index contributed by atoms with van der Waals surface area (Å²) >= 11 is 1.30. The maximum absolute atomic E-state index is 13.0. The Labute approximate surface area is 194 Å². The number of nitrogens with one attached hydrogen (secondary N) is 4. The normalized spacial score (nSPS) is 15.9. The van der Waals surface area contributed by atoms with Crippen molar-refractivity contribution in [2.24, 2.45) is 0 Å². The van der Waals surface area contributed by atoms with E-state index >= 15 is 0 Å². The molecule has 1 aromatic heterocycles. The Kier molecular flexibility index (Phi) is 5.90. The fraction of sp³-hybridized carbons (Fsp3) is 0.250. The molecule has 170 valence electrons. The number of hydrogen-bond donors (Lipinski definition) is 4. The summed E-state index contributed by atoms with van der Waals surface area (Å²) < 4.78 is 0. The Morgan fingerprint density at radius 3 is 2.45 bits per heavy atom. The second-order valence-electron chi connectivity index (χ2n) is 8.85. The molecule has 0 aliphatic carbocycles. The minimum Gasteiger partial charge on any atom is -0.340 e. The van der Waals surface area contributed by atoms with Crippen molar-refractivity contribution in [2.45, 2.75) is 38.6 Å². The van der Waals surface area contributed by atoms with Crippen LogP contribution in [-0.4, -0.2) is 29.8 Å². The monoisotopic (exact) mass is 464 g/mol. The number of rotatable bonds is 4. The highest BCUT2D eigenvalue weighted by atomic mass is 32.1. The fourth-order valence-electron chi connectivity index (χ4n) is 3.52. The highest BCUT2D eigenvalue weighted by molar-refractivity contribution is 7.16. The summed E-state index contributed by atoms with van der Waals surface area (Å²) in [5.41, 5.74) is 0.627. The van der Waals surface area contributed by atoms with E-state index < -0.39 is 29.8 Å². The number of urea groups is 1. The minimum absolute atomic E-state index is 0.106. The molecule has 0 spiro atoms. The largest absolute Gasteiger partial charge is 0.340 e. The van der Waals surface area contributed by atoms with Crippen molar-refractivity contribution in [1.29, 1.82) is 0 Å². The summed E-state index contributed by atoms with van der Waals surface area (Å²) in [6.45, 7) is 6.01. The maximum Gasteiger partial charge on any atom is 0.324 e. The van der Waals surface area contributed by atoms with Crippen LogP contribution in [0.5, 0.6) is 0 Å². The molecule has 3 aromatic rings. The Balaban J connectivity index is 1.57. The van der Waals surface area contributed by atoms with Crippen molar-refractivity contribution < 1.29 is 19.2 Å². The van der Waals surface area contributed by atoms with Crippen molar-refractivity contribution in [1.82, 2.24) is 10.6 Å². The molecular weight excluding hydrogens is 440 g/mol. The minimum atomic E-state index is -0.930. The van der Waals surface area contributed by atoms with Gasteiger partial charge in [0.05, 0.1) is 17.7 Å². The van der Waals surface area contributed by atoms with Gasteiger partial charge in [-0.2, -0.15) is 0 Å². The number of fused-ring (bicyclic) bond motifs is 1. The number of hydrogen-bond acceptors (Lipinski definition) is 5. The molecule has 1 aliphatic heterocycles. The first kappa shape index (κ1) is 22.5. The molecule has 0 saturated carbocycles. The number of amides is 5. The zero-order valence-corrected chi connectivity index (χ0v) is 19.3. The van der Waals surface area contributed by atoms with Gasteiger partial charge in [0, 0.05) is 10.3 Å². The van der Waals surface area contributed by atoms with Gasteiger partial charge in [0.15, 0.2) is 0 Å². The van der Waals surface area contributed by atoms with Crippen LogP contribution in [-0.2, 0) is 15.0 Å². The number of benzene rings is 2. The van der Waals surface area contributed by atoms with E-state index in [0.717, 1.165) is 15.6 Å². The topological polar surface area (TPSA) is 116 Å². The van der Waals surface area contributed by atoms with Crippen molar-refractivity contribution in [3.63, 3.8) is 0 Å². The molecule has 0 unspecified atom stereocenters. The molecule has 0 radical (unpaired) electrons. The second kappa shape index (κ2) is 8.67. The average Bonchev–Trinajstić information content (AvgIpc) is 3.31. The van der Waals surface area contributed by atoms with Gasteiger partial charge < -0.3 is 10.6 Å². The van der Waals surface area contributed by atoms with Crippen molar-refractivity contribution in [3.05, 3.63) is 59.0 Å². The summed E-state index contributed by atoms with van der Waals surface area (Å²) in [5, 5.41) is 12.6. The van der Waals surface area contributed by atoms with Gasteiger partial charge in [-0.05, 0) is 22.9 Å². The predicted octanol–water partition coefficient (Wildman–Crippen LogP) is 3.99. The Morgan fingerprint density at radius 1 is 1.03 bits per heavy atom. The number of anilines is 2. The lowest BCUT2D eigenvalue weighted by Crippen LogP contribution is -2.40. The molecule has 1 saturated heterocycles. The van der Waals surface area contributed by atoms with E-state index in [1.807, 2.05) is 57.2 Å². The van der Waals surface area contributed by atoms with Crippen LogP contribution in [0.25, 0.3) is 10.8 Å². The Morgan fingerprint density at radius 2 is 1.76 bits per heavy atom. The van der Waals surface area contributed by atoms with Gasteiger partial charge in [-0.25, -0.2) is 4.79 Å². The van der Waals surface area contributed by atoms with Crippen molar-refractivity contribution in [2.75, 3.05) is 10.6 Å². The Hall–Kier alpha value is -3.72. The van der Waals surface area contributed by atoms with Crippen molar-refractivity contribution >= 4 is 56.6 Å².